The predicted molar refractivity (Wildman–Crippen MR) is 107 cm³/mol. The lowest BCUT2D eigenvalue weighted by atomic mass is 9.98. The molecule has 9 heteroatoms. The number of aliphatic hydroxyl groups excluding tert-OH is 5. The lowest BCUT2D eigenvalue weighted by Gasteiger charge is -2.40. The summed E-state index contributed by atoms with van der Waals surface area (Å²) in [5.41, 5.74) is 1.20. The molecule has 7 nitrogen and oxygen atoms in total. The van der Waals surface area contributed by atoms with E-state index in [1.54, 1.807) is 24.4 Å². The van der Waals surface area contributed by atoms with Crippen molar-refractivity contribution >= 4 is 22.7 Å². The van der Waals surface area contributed by atoms with Crippen molar-refractivity contribution in [3.05, 3.63) is 60.0 Å². The van der Waals surface area contributed by atoms with Crippen LogP contribution in [-0.4, -0.2) is 61.1 Å². The highest BCUT2D eigenvalue weighted by Crippen LogP contribution is 2.40. The Morgan fingerprint density at radius 3 is 2.37 bits per heavy atom. The summed E-state index contributed by atoms with van der Waals surface area (Å²) in [6.45, 7) is -0.621. The molecule has 2 heterocycles. The van der Waals surface area contributed by atoms with Crippen LogP contribution in [0.25, 0.3) is 10.9 Å². The van der Waals surface area contributed by atoms with E-state index in [9.17, 15) is 29.9 Å². The topological polar surface area (TPSA) is 115 Å². The number of hydrogen-bond acceptors (Lipinski definition) is 7. The molecule has 2 aromatic carbocycles. The number of ether oxygens (including phenoxy) is 1. The molecule has 4 rings (SSSR count). The average molecular weight is 435 g/mol. The first-order valence-electron chi connectivity index (χ1n) is 9.41. The van der Waals surface area contributed by atoms with Crippen LogP contribution in [0.3, 0.4) is 0 Å². The van der Waals surface area contributed by atoms with Gasteiger partial charge in [-0.25, -0.2) is 4.39 Å². The third kappa shape index (κ3) is 3.74. The third-order valence-electron chi connectivity index (χ3n) is 5.25. The first kappa shape index (κ1) is 21.3. The quantitative estimate of drug-likeness (QED) is 0.411. The van der Waals surface area contributed by atoms with Gasteiger partial charge >= 0.3 is 0 Å². The van der Waals surface area contributed by atoms with Gasteiger partial charge in [0.05, 0.1) is 18.7 Å². The molecule has 30 heavy (non-hydrogen) atoms. The lowest BCUT2D eigenvalue weighted by molar-refractivity contribution is -0.250. The third-order valence-corrected chi connectivity index (χ3v) is 6.28. The van der Waals surface area contributed by atoms with Gasteiger partial charge in [-0.05, 0) is 29.8 Å². The molecule has 1 aromatic heterocycles. The molecule has 3 aromatic rings. The molecule has 5 N–H and O–H groups in total. The highest BCUT2D eigenvalue weighted by atomic mass is 32.2. The Labute approximate surface area is 176 Å². The maximum Gasteiger partial charge on any atom is 0.163 e. The normalized spacial score (nSPS) is 26.9. The molecule has 0 spiro atoms. The van der Waals surface area contributed by atoms with Gasteiger partial charge in [-0.15, -0.1) is 0 Å². The van der Waals surface area contributed by atoms with Crippen LogP contribution in [0, 0.1) is 5.82 Å². The van der Waals surface area contributed by atoms with Crippen LogP contribution in [0.1, 0.15) is 11.8 Å². The molecule has 0 amide bonds. The van der Waals surface area contributed by atoms with Crippen LogP contribution in [0.5, 0.6) is 0 Å². The smallest absolute Gasteiger partial charge is 0.163 e. The molecule has 0 aliphatic carbocycles. The Morgan fingerprint density at radius 1 is 0.967 bits per heavy atom. The van der Waals surface area contributed by atoms with E-state index < -0.39 is 43.1 Å². The van der Waals surface area contributed by atoms with Crippen molar-refractivity contribution in [2.45, 2.75) is 47.0 Å². The number of aliphatic hydroxyl groups is 5. The van der Waals surface area contributed by atoms with Crippen LogP contribution >= 0.6 is 11.8 Å². The Morgan fingerprint density at radius 2 is 1.70 bits per heavy atom. The maximum absolute atomic E-state index is 14.7. The first-order valence-corrected chi connectivity index (χ1v) is 10.2. The summed E-state index contributed by atoms with van der Waals surface area (Å²) in [5.74, 6) is -0.453. The second kappa shape index (κ2) is 8.64. The molecular weight excluding hydrogens is 413 g/mol. The van der Waals surface area contributed by atoms with Gasteiger partial charge in [0.15, 0.2) is 6.23 Å². The summed E-state index contributed by atoms with van der Waals surface area (Å²) in [5, 5.41) is 49.7. The minimum absolute atomic E-state index is 0.0734. The molecule has 5 atom stereocenters. The van der Waals surface area contributed by atoms with Gasteiger partial charge in [0.25, 0.3) is 0 Å². The van der Waals surface area contributed by atoms with Crippen molar-refractivity contribution in [1.29, 1.82) is 0 Å². The monoisotopic (exact) mass is 435 g/mol. The summed E-state index contributed by atoms with van der Waals surface area (Å²) in [6, 6.07) is 11.7. The van der Waals surface area contributed by atoms with Crippen LogP contribution in [0.4, 0.5) is 4.39 Å². The van der Waals surface area contributed by atoms with Gasteiger partial charge in [0.2, 0.25) is 0 Å². The van der Waals surface area contributed by atoms with Gasteiger partial charge in [0, 0.05) is 21.4 Å². The average Bonchev–Trinajstić information content (AvgIpc) is 3.12. The van der Waals surface area contributed by atoms with Gasteiger partial charge in [-0.3, -0.25) is 0 Å². The van der Waals surface area contributed by atoms with Crippen LogP contribution in [0.2, 0.25) is 0 Å². The van der Waals surface area contributed by atoms with Gasteiger partial charge in [-0.2, -0.15) is 0 Å². The van der Waals surface area contributed by atoms with Gasteiger partial charge in [-0.1, -0.05) is 30.0 Å². The van der Waals surface area contributed by atoms with E-state index in [1.165, 1.54) is 28.5 Å². The molecule has 160 valence electrons. The minimum atomic E-state index is -1.53. The Bertz CT molecular complexity index is 1020. The Kier molecular flexibility index (Phi) is 6.12. The van der Waals surface area contributed by atoms with Gasteiger partial charge in [0.1, 0.15) is 30.2 Å². The molecule has 0 saturated carbocycles. The fourth-order valence-electron chi connectivity index (χ4n) is 3.62. The Balaban J connectivity index is 1.76. The molecule has 0 radical (unpaired) electrons. The number of fused-ring (bicyclic) bond motifs is 1. The standard InChI is InChI=1S/C21H22FNO6S/c22-13-2-1-3-14-17(13)16(30-12-6-4-11(9-24)5-7-12)8-23(14)21-20(28)19(27)18(26)15(10-25)29-21/h1-8,15,18-21,24-28H,9-10H2/t15-,18-,19+,20-,21-/m1/s1. The molecule has 1 aliphatic rings. The van der Waals surface area contributed by atoms with E-state index in [4.69, 9.17) is 4.74 Å². The predicted octanol–water partition coefficient (Wildman–Crippen LogP) is 1.40. The molecule has 1 fully saturated rings. The number of aromatic nitrogens is 1. The highest BCUT2D eigenvalue weighted by molar-refractivity contribution is 7.99. The number of rotatable bonds is 5. The van der Waals surface area contributed by atoms with Crippen molar-refractivity contribution < 1.29 is 34.7 Å². The van der Waals surface area contributed by atoms with Crippen molar-refractivity contribution in [2.24, 2.45) is 0 Å². The summed E-state index contributed by atoms with van der Waals surface area (Å²) in [7, 11) is 0. The SMILES string of the molecule is OCc1ccc(Sc2cn([C@@H]3O[C@H](CO)[C@@H](O)[C@H](O)[C@H]3O)c3cccc(F)c23)cc1. The van der Waals surface area contributed by atoms with E-state index in [0.29, 0.717) is 15.8 Å². The molecule has 0 bridgehead atoms. The summed E-state index contributed by atoms with van der Waals surface area (Å²) >= 11 is 1.30. The second-order valence-corrected chi connectivity index (χ2v) is 8.27. The fraction of sp³-hybridized carbons (Fsp3) is 0.333. The maximum atomic E-state index is 14.7. The van der Waals surface area contributed by atoms with Crippen molar-refractivity contribution in [3.63, 3.8) is 0 Å². The van der Waals surface area contributed by atoms with Crippen LogP contribution in [-0.2, 0) is 11.3 Å². The van der Waals surface area contributed by atoms with E-state index in [-0.39, 0.29) is 6.61 Å². The van der Waals surface area contributed by atoms with Crippen LogP contribution < -0.4 is 0 Å². The highest BCUT2D eigenvalue weighted by Gasteiger charge is 2.44. The van der Waals surface area contributed by atoms with Crippen LogP contribution in [0.15, 0.2) is 58.5 Å². The molecular formula is C21H22FNO6S. The number of benzene rings is 2. The largest absolute Gasteiger partial charge is 0.394 e. The van der Waals surface area contributed by atoms with E-state index >= 15 is 0 Å². The minimum Gasteiger partial charge on any atom is -0.394 e. The molecule has 1 aliphatic heterocycles. The fourth-order valence-corrected chi connectivity index (χ4v) is 4.62. The first-order chi connectivity index (χ1) is 14.4. The van der Waals surface area contributed by atoms with E-state index in [0.717, 1.165) is 10.5 Å². The zero-order valence-electron chi connectivity index (χ0n) is 15.8. The number of nitrogens with zero attached hydrogens (tertiary/aromatic N) is 1. The lowest BCUT2D eigenvalue weighted by Crippen LogP contribution is -2.56. The molecule has 0 unspecified atom stereocenters. The van der Waals surface area contributed by atoms with Crippen molar-refractivity contribution in [2.75, 3.05) is 6.61 Å². The summed E-state index contributed by atoms with van der Waals surface area (Å²) < 4.78 is 21.9. The Hall–Kier alpha value is -1.98. The zero-order chi connectivity index (χ0) is 21.4. The van der Waals surface area contributed by atoms with Crippen molar-refractivity contribution in [3.8, 4) is 0 Å². The van der Waals surface area contributed by atoms with E-state index in [1.807, 2.05) is 12.1 Å². The van der Waals surface area contributed by atoms with Crippen molar-refractivity contribution in [1.82, 2.24) is 4.57 Å². The van der Waals surface area contributed by atoms with E-state index in [2.05, 4.69) is 0 Å². The zero-order valence-corrected chi connectivity index (χ0v) is 16.6. The number of halogens is 1. The summed E-state index contributed by atoms with van der Waals surface area (Å²) in [6.07, 6.45) is -5.07. The second-order valence-electron chi connectivity index (χ2n) is 7.16. The number of hydrogen-bond donors (Lipinski definition) is 5. The summed E-state index contributed by atoms with van der Waals surface area (Å²) in [4.78, 5) is 1.39. The molecule has 1 saturated heterocycles. The van der Waals surface area contributed by atoms with Gasteiger partial charge < -0.3 is 34.8 Å².